The van der Waals surface area contributed by atoms with Crippen molar-refractivity contribution in [2.45, 2.75) is 52.1 Å². The van der Waals surface area contributed by atoms with E-state index in [1.165, 1.54) is 25.8 Å². The van der Waals surface area contributed by atoms with Crippen molar-refractivity contribution in [1.29, 1.82) is 0 Å². The maximum Gasteiger partial charge on any atom is 0.0271 e. The molecule has 1 N–H and O–H groups in total. The summed E-state index contributed by atoms with van der Waals surface area (Å²) < 4.78 is 0. The predicted octanol–water partition coefficient (Wildman–Crippen LogP) is 2.35. The lowest BCUT2D eigenvalue weighted by Gasteiger charge is -2.35. The molecule has 0 aromatic carbocycles. The number of rotatable bonds is 4. The minimum Gasteiger partial charge on any atom is -0.315 e. The van der Waals surface area contributed by atoms with Crippen LogP contribution in [0.25, 0.3) is 0 Å². The number of likely N-dealkylation sites (N-methyl/N-ethyl adjacent to an activating group) is 2. The molecule has 0 amide bonds. The SMILES string of the molecule is CNC1C(N(C)CC2CC2C)CCC1(C)C. The molecule has 4 unspecified atom stereocenters. The van der Waals surface area contributed by atoms with E-state index in [1.807, 2.05) is 0 Å². The van der Waals surface area contributed by atoms with Crippen LogP contribution in [0.5, 0.6) is 0 Å². The van der Waals surface area contributed by atoms with E-state index in [4.69, 9.17) is 0 Å². The van der Waals surface area contributed by atoms with Gasteiger partial charge >= 0.3 is 0 Å². The first-order valence-electron chi connectivity index (χ1n) is 6.83. The summed E-state index contributed by atoms with van der Waals surface area (Å²) in [4.78, 5) is 2.62. The molecule has 0 radical (unpaired) electrons. The maximum absolute atomic E-state index is 3.55. The Labute approximate surface area is 101 Å². The highest BCUT2D eigenvalue weighted by Crippen LogP contribution is 2.42. The number of hydrogen-bond acceptors (Lipinski definition) is 2. The van der Waals surface area contributed by atoms with E-state index in [1.54, 1.807) is 0 Å². The Morgan fingerprint density at radius 1 is 1.38 bits per heavy atom. The van der Waals surface area contributed by atoms with Gasteiger partial charge in [0.05, 0.1) is 0 Å². The Hall–Kier alpha value is -0.0800. The average Bonchev–Trinajstić information content (AvgIpc) is 2.76. The largest absolute Gasteiger partial charge is 0.315 e. The second-order valence-corrected chi connectivity index (χ2v) is 6.77. The molecule has 0 aromatic heterocycles. The molecule has 2 aliphatic rings. The molecular formula is C14H28N2. The first-order chi connectivity index (χ1) is 7.45. The lowest BCUT2D eigenvalue weighted by molar-refractivity contribution is 0.170. The van der Waals surface area contributed by atoms with Crippen LogP contribution < -0.4 is 5.32 Å². The van der Waals surface area contributed by atoms with Gasteiger partial charge in [0, 0.05) is 18.6 Å². The van der Waals surface area contributed by atoms with E-state index in [9.17, 15) is 0 Å². The summed E-state index contributed by atoms with van der Waals surface area (Å²) in [7, 11) is 4.44. The first kappa shape index (κ1) is 12.4. The first-order valence-corrected chi connectivity index (χ1v) is 6.83. The van der Waals surface area contributed by atoms with E-state index in [0.717, 1.165) is 17.9 Å². The van der Waals surface area contributed by atoms with Gasteiger partial charge in [-0.15, -0.1) is 0 Å². The fourth-order valence-corrected chi connectivity index (χ4v) is 3.58. The normalized spacial score (nSPS) is 41.6. The minimum atomic E-state index is 0.461. The molecule has 16 heavy (non-hydrogen) atoms. The molecule has 0 spiro atoms. The predicted molar refractivity (Wildman–Crippen MR) is 69.6 cm³/mol. The van der Waals surface area contributed by atoms with Crippen LogP contribution in [-0.2, 0) is 0 Å². The molecule has 94 valence electrons. The Bertz CT molecular complexity index is 249. The van der Waals surface area contributed by atoms with Gasteiger partial charge in [-0.2, -0.15) is 0 Å². The van der Waals surface area contributed by atoms with Crippen LogP contribution in [-0.4, -0.2) is 37.6 Å². The zero-order chi connectivity index (χ0) is 11.9. The molecular weight excluding hydrogens is 196 g/mol. The molecule has 0 heterocycles. The highest BCUT2D eigenvalue weighted by molar-refractivity contribution is 5.00. The van der Waals surface area contributed by atoms with Gasteiger partial charge in [-0.25, -0.2) is 0 Å². The van der Waals surface area contributed by atoms with Gasteiger partial charge in [0.1, 0.15) is 0 Å². The summed E-state index contributed by atoms with van der Waals surface area (Å²) in [5, 5.41) is 3.55. The molecule has 2 aliphatic carbocycles. The van der Waals surface area contributed by atoms with Gasteiger partial charge in [0.25, 0.3) is 0 Å². The highest BCUT2D eigenvalue weighted by atomic mass is 15.2. The molecule has 4 atom stereocenters. The summed E-state index contributed by atoms with van der Waals surface area (Å²) in [5.41, 5.74) is 0.461. The van der Waals surface area contributed by atoms with Crippen LogP contribution in [0.1, 0.15) is 40.0 Å². The quantitative estimate of drug-likeness (QED) is 0.788. The number of hydrogen-bond donors (Lipinski definition) is 1. The Balaban J connectivity index is 1.93. The highest BCUT2D eigenvalue weighted by Gasteiger charge is 2.44. The molecule has 2 fully saturated rings. The van der Waals surface area contributed by atoms with E-state index in [-0.39, 0.29) is 0 Å². The van der Waals surface area contributed by atoms with Gasteiger partial charge in [0.2, 0.25) is 0 Å². The van der Waals surface area contributed by atoms with Crippen molar-refractivity contribution in [2.24, 2.45) is 17.3 Å². The number of nitrogens with one attached hydrogen (secondary N) is 1. The standard InChI is InChI=1S/C14H28N2/c1-10-8-11(10)9-16(5)12-6-7-14(2,3)13(12)15-4/h10-13,15H,6-9H2,1-5H3. The topological polar surface area (TPSA) is 15.3 Å². The van der Waals surface area contributed by atoms with Crippen LogP contribution in [0, 0.1) is 17.3 Å². The second-order valence-electron chi connectivity index (χ2n) is 6.77. The van der Waals surface area contributed by atoms with Gasteiger partial charge in [0.15, 0.2) is 0 Å². The lowest BCUT2D eigenvalue weighted by atomic mass is 9.86. The number of nitrogens with zero attached hydrogens (tertiary/aromatic N) is 1. The Morgan fingerprint density at radius 3 is 2.50 bits per heavy atom. The maximum atomic E-state index is 3.55. The summed E-state index contributed by atoms with van der Waals surface area (Å²) in [5.74, 6) is 1.95. The molecule has 2 heteroatoms. The average molecular weight is 224 g/mol. The van der Waals surface area contributed by atoms with Gasteiger partial charge < -0.3 is 10.2 Å². The van der Waals surface area contributed by atoms with E-state index in [2.05, 4.69) is 45.1 Å². The second kappa shape index (κ2) is 4.30. The third-order valence-corrected chi connectivity index (χ3v) is 4.99. The zero-order valence-corrected chi connectivity index (χ0v) is 11.6. The summed E-state index contributed by atoms with van der Waals surface area (Å²) in [6.45, 7) is 8.50. The monoisotopic (exact) mass is 224 g/mol. The van der Waals surface area contributed by atoms with E-state index < -0.39 is 0 Å². The fraction of sp³-hybridized carbons (Fsp3) is 1.00. The van der Waals surface area contributed by atoms with Crippen LogP contribution in [0.4, 0.5) is 0 Å². The Morgan fingerprint density at radius 2 is 2.00 bits per heavy atom. The Kier molecular flexibility index (Phi) is 3.33. The smallest absolute Gasteiger partial charge is 0.0271 e. The van der Waals surface area contributed by atoms with Crippen molar-refractivity contribution in [3.8, 4) is 0 Å². The molecule has 2 nitrogen and oxygen atoms in total. The molecule has 0 bridgehead atoms. The lowest BCUT2D eigenvalue weighted by Crippen LogP contribution is -2.49. The third-order valence-electron chi connectivity index (χ3n) is 4.99. The van der Waals surface area contributed by atoms with E-state index in [0.29, 0.717) is 11.5 Å². The van der Waals surface area contributed by atoms with Crippen LogP contribution >= 0.6 is 0 Å². The molecule has 0 saturated heterocycles. The molecule has 0 aromatic rings. The van der Waals surface area contributed by atoms with Crippen molar-refractivity contribution in [1.82, 2.24) is 10.2 Å². The van der Waals surface area contributed by atoms with Gasteiger partial charge in [-0.05, 0) is 50.6 Å². The molecule has 2 saturated carbocycles. The third kappa shape index (κ3) is 2.28. The van der Waals surface area contributed by atoms with Gasteiger partial charge in [-0.3, -0.25) is 0 Å². The summed E-state index contributed by atoms with van der Waals surface area (Å²) in [6.07, 6.45) is 4.16. The van der Waals surface area contributed by atoms with E-state index >= 15 is 0 Å². The van der Waals surface area contributed by atoms with Crippen molar-refractivity contribution >= 4 is 0 Å². The van der Waals surface area contributed by atoms with Crippen molar-refractivity contribution in [2.75, 3.05) is 20.6 Å². The van der Waals surface area contributed by atoms with Crippen molar-refractivity contribution < 1.29 is 0 Å². The van der Waals surface area contributed by atoms with Crippen molar-refractivity contribution in [3.63, 3.8) is 0 Å². The van der Waals surface area contributed by atoms with Crippen LogP contribution in [0.2, 0.25) is 0 Å². The molecule has 2 rings (SSSR count). The fourth-order valence-electron chi connectivity index (χ4n) is 3.58. The van der Waals surface area contributed by atoms with Gasteiger partial charge in [-0.1, -0.05) is 20.8 Å². The molecule has 0 aliphatic heterocycles. The summed E-state index contributed by atoms with van der Waals surface area (Å²) >= 11 is 0. The van der Waals surface area contributed by atoms with Crippen molar-refractivity contribution in [3.05, 3.63) is 0 Å². The van der Waals surface area contributed by atoms with Crippen LogP contribution in [0.15, 0.2) is 0 Å². The summed E-state index contributed by atoms with van der Waals surface area (Å²) in [6, 6.07) is 1.40. The van der Waals surface area contributed by atoms with Crippen LogP contribution in [0.3, 0.4) is 0 Å². The minimum absolute atomic E-state index is 0.461. The zero-order valence-electron chi connectivity index (χ0n) is 11.6.